The molecule has 18 nitrogen and oxygen atoms in total. The van der Waals surface area contributed by atoms with Gasteiger partial charge >= 0.3 is 0 Å². The maximum atomic E-state index is 12.0. The number of ether oxygens (including phenoxy) is 6. The summed E-state index contributed by atoms with van der Waals surface area (Å²) in [7, 11) is 4.76. The molecule has 0 aliphatic carbocycles. The number of benzene rings is 3. The molecule has 3 saturated heterocycles. The van der Waals surface area contributed by atoms with Crippen LogP contribution in [0.1, 0.15) is 48.8 Å². The maximum Gasteiger partial charge on any atom is 0.158 e. The third-order valence-electron chi connectivity index (χ3n) is 11.7. The molecule has 3 aliphatic heterocycles. The molecule has 66 heavy (non-hydrogen) atoms. The Hall–Kier alpha value is -4.09. The summed E-state index contributed by atoms with van der Waals surface area (Å²) in [4.78, 5) is 12.0. The smallest absolute Gasteiger partial charge is 0.158 e. The Labute approximate surface area is 384 Å². The summed E-state index contributed by atoms with van der Waals surface area (Å²) in [6.45, 7) is -0.184. The molecule has 3 fully saturated rings. The molecule has 14 atom stereocenters. The van der Waals surface area contributed by atoms with Gasteiger partial charge in [-0.1, -0.05) is 54.6 Å². The summed E-state index contributed by atoms with van der Waals surface area (Å²) in [5, 5.41) is 107. The SMILES string of the molecule is COc1ccccc1/C=C/C(=O)C[C@@H]1OC[C@@H](O)[C@H](O)[C@H]1O.COc1ccccc1CC[C@@H](O)C[C@@H]1OC[C@@H](O)[C@H](O)[C@H]1O.COc1ccccc1CC[C@H](O)C[C@@H]1OC[C@@H](O)[C@H](O)[C@H]1O. The number of hydrogen-bond donors (Lipinski definition) is 11. The number of ketones is 1. The third kappa shape index (κ3) is 16.3. The van der Waals surface area contributed by atoms with Crippen LogP contribution < -0.4 is 14.2 Å². The first-order valence-corrected chi connectivity index (χ1v) is 22.0. The van der Waals surface area contributed by atoms with Gasteiger partial charge in [-0.25, -0.2) is 0 Å². The number of aryl methyl sites for hydroxylation is 2. The number of carbonyl (C=O) groups is 1. The molecule has 0 amide bonds. The molecule has 0 radical (unpaired) electrons. The van der Waals surface area contributed by atoms with Crippen LogP contribution in [0.2, 0.25) is 0 Å². The van der Waals surface area contributed by atoms with E-state index in [0.29, 0.717) is 31.4 Å². The summed E-state index contributed by atoms with van der Waals surface area (Å²) in [5.41, 5.74) is 2.77. The van der Waals surface area contributed by atoms with Crippen molar-refractivity contribution in [1.82, 2.24) is 0 Å². The summed E-state index contributed by atoms with van der Waals surface area (Å²) in [6.07, 6.45) is -8.66. The number of hydrogen-bond acceptors (Lipinski definition) is 18. The highest BCUT2D eigenvalue weighted by molar-refractivity contribution is 5.94. The first kappa shape index (κ1) is 54.5. The van der Waals surface area contributed by atoms with Gasteiger partial charge in [-0.3, -0.25) is 4.79 Å². The quantitative estimate of drug-likeness (QED) is 0.0786. The van der Waals surface area contributed by atoms with Gasteiger partial charge in [0.1, 0.15) is 72.2 Å². The molecule has 3 aromatic rings. The molecule has 3 aromatic carbocycles. The Kier molecular flexibility index (Phi) is 22.8. The average molecular weight is 933 g/mol. The minimum absolute atomic E-state index is 0.0396. The first-order chi connectivity index (χ1) is 31.6. The van der Waals surface area contributed by atoms with Crippen LogP contribution in [0.5, 0.6) is 17.2 Å². The predicted molar refractivity (Wildman–Crippen MR) is 239 cm³/mol. The second-order valence-corrected chi connectivity index (χ2v) is 16.5. The second-order valence-electron chi connectivity index (χ2n) is 16.5. The van der Waals surface area contributed by atoms with E-state index in [9.17, 15) is 61.0 Å². The average Bonchev–Trinajstić information content (AvgIpc) is 3.33. The van der Waals surface area contributed by atoms with Crippen LogP contribution in [0.3, 0.4) is 0 Å². The monoisotopic (exact) mass is 932 g/mol. The third-order valence-corrected chi connectivity index (χ3v) is 11.7. The zero-order chi connectivity index (χ0) is 48.3. The standard InChI is InChI=1S/2C16H24O6.C16H20O6/c3*1-21-13-5-3-2-4-10(13)6-7-11(17)8-14-16(20)15(19)12(18)9-22-14/h2*2-5,11-12,14-20H,6-9H2,1H3;2-7,12,14-16,18-20H,8-9H2,1H3/b;;7-6+/t11-,12+,14-,15-,16-;11-,12-,14+,15+,16+;12-,14+,15+,16+/m011/s1. The minimum Gasteiger partial charge on any atom is -0.496 e. The van der Waals surface area contributed by atoms with Gasteiger partial charge in [0.2, 0.25) is 0 Å². The molecule has 11 N–H and O–H groups in total. The second kappa shape index (κ2) is 27.7. The van der Waals surface area contributed by atoms with E-state index >= 15 is 0 Å². The van der Waals surface area contributed by atoms with Crippen molar-refractivity contribution in [3.05, 3.63) is 95.6 Å². The van der Waals surface area contributed by atoms with Crippen LogP contribution in [-0.4, -0.2) is 189 Å². The van der Waals surface area contributed by atoms with Crippen LogP contribution in [0.25, 0.3) is 6.08 Å². The molecule has 0 spiro atoms. The van der Waals surface area contributed by atoms with Gasteiger partial charge in [0.25, 0.3) is 0 Å². The highest BCUT2D eigenvalue weighted by Crippen LogP contribution is 2.26. The molecule has 0 aromatic heterocycles. The van der Waals surface area contributed by atoms with Crippen molar-refractivity contribution in [1.29, 1.82) is 0 Å². The van der Waals surface area contributed by atoms with Crippen molar-refractivity contribution in [3.63, 3.8) is 0 Å². The van der Waals surface area contributed by atoms with Crippen molar-refractivity contribution in [2.45, 2.75) is 130 Å². The molecular weight excluding hydrogens is 865 g/mol. The number of para-hydroxylation sites is 3. The van der Waals surface area contributed by atoms with E-state index in [-0.39, 0.29) is 44.9 Å². The van der Waals surface area contributed by atoms with Crippen LogP contribution in [0, 0.1) is 0 Å². The van der Waals surface area contributed by atoms with Gasteiger partial charge in [-0.05, 0) is 67.2 Å². The van der Waals surface area contributed by atoms with E-state index in [1.54, 1.807) is 33.5 Å². The number of aliphatic hydroxyl groups excluding tert-OH is 11. The van der Waals surface area contributed by atoms with E-state index in [4.69, 9.17) is 28.4 Å². The number of aliphatic hydroxyl groups is 11. The van der Waals surface area contributed by atoms with Crippen molar-refractivity contribution in [3.8, 4) is 17.2 Å². The number of rotatable bonds is 17. The lowest BCUT2D eigenvalue weighted by atomic mass is 9.94. The maximum absolute atomic E-state index is 12.0. The van der Waals surface area contributed by atoms with Crippen molar-refractivity contribution < 1.29 is 89.4 Å². The predicted octanol–water partition coefficient (Wildman–Crippen LogP) is -0.130. The summed E-state index contributed by atoms with van der Waals surface area (Å²) in [6, 6.07) is 22.5. The fraction of sp³-hybridized carbons (Fsp3) is 0.562. The van der Waals surface area contributed by atoms with E-state index in [1.807, 2.05) is 66.7 Å². The number of allylic oxidation sites excluding steroid dienone is 1. The summed E-state index contributed by atoms with van der Waals surface area (Å²) < 4.78 is 31.5. The Morgan fingerprint density at radius 1 is 0.545 bits per heavy atom. The van der Waals surface area contributed by atoms with Crippen LogP contribution >= 0.6 is 0 Å². The van der Waals surface area contributed by atoms with E-state index in [1.165, 1.54) is 6.08 Å². The van der Waals surface area contributed by atoms with Crippen molar-refractivity contribution in [2.75, 3.05) is 41.2 Å². The number of carbonyl (C=O) groups excluding carboxylic acids is 1. The molecule has 3 aliphatic rings. The first-order valence-electron chi connectivity index (χ1n) is 22.0. The molecule has 0 unspecified atom stereocenters. The Bertz CT molecular complexity index is 1810. The fourth-order valence-corrected chi connectivity index (χ4v) is 7.68. The van der Waals surface area contributed by atoms with E-state index in [0.717, 1.165) is 28.2 Å². The van der Waals surface area contributed by atoms with Gasteiger partial charge in [-0.2, -0.15) is 0 Å². The minimum atomic E-state index is -1.30. The van der Waals surface area contributed by atoms with Crippen LogP contribution in [-0.2, 0) is 31.8 Å². The summed E-state index contributed by atoms with van der Waals surface area (Å²) >= 11 is 0. The molecule has 3 heterocycles. The highest BCUT2D eigenvalue weighted by Gasteiger charge is 2.40. The van der Waals surface area contributed by atoms with E-state index < -0.39 is 85.5 Å². The topological polar surface area (TPSA) is 295 Å². The molecular formula is C48H68O18. The largest absolute Gasteiger partial charge is 0.496 e. The molecule has 0 bridgehead atoms. The molecule has 0 saturated carbocycles. The number of methoxy groups -OCH3 is 3. The lowest BCUT2D eigenvalue weighted by Crippen LogP contribution is -2.53. The van der Waals surface area contributed by atoms with Gasteiger partial charge in [-0.15, -0.1) is 0 Å². The highest BCUT2D eigenvalue weighted by atomic mass is 16.5. The normalized spacial score (nSPS) is 29.6. The lowest BCUT2D eigenvalue weighted by Gasteiger charge is -2.36. The van der Waals surface area contributed by atoms with E-state index in [2.05, 4.69) is 0 Å². The Balaban J connectivity index is 0.000000216. The molecule has 368 valence electrons. The fourth-order valence-electron chi connectivity index (χ4n) is 7.68. The Morgan fingerprint density at radius 2 is 0.909 bits per heavy atom. The van der Waals surface area contributed by atoms with Gasteiger partial charge in [0.15, 0.2) is 5.78 Å². The zero-order valence-electron chi connectivity index (χ0n) is 37.5. The molecule has 18 heteroatoms. The van der Waals surface area contributed by atoms with Crippen molar-refractivity contribution in [2.24, 2.45) is 0 Å². The van der Waals surface area contributed by atoms with Gasteiger partial charge in [0.05, 0.1) is 71.7 Å². The zero-order valence-corrected chi connectivity index (χ0v) is 37.5. The molecule has 6 rings (SSSR count). The summed E-state index contributed by atoms with van der Waals surface area (Å²) in [5.74, 6) is 1.96. The van der Waals surface area contributed by atoms with Gasteiger partial charge < -0.3 is 84.6 Å². The van der Waals surface area contributed by atoms with Crippen LogP contribution in [0.15, 0.2) is 78.9 Å². The van der Waals surface area contributed by atoms with Crippen molar-refractivity contribution >= 4 is 11.9 Å². The van der Waals surface area contributed by atoms with Crippen LogP contribution in [0.4, 0.5) is 0 Å². The van der Waals surface area contributed by atoms with Gasteiger partial charge in [0, 0.05) is 24.8 Å². The Morgan fingerprint density at radius 3 is 1.33 bits per heavy atom. The lowest BCUT2D eigenvalue weighted by molar-refractivity contribution is -0.193.